The average molecular weight is 404 g/mol. The van der Waals surface area contributed by atoms with Crippen LogP contribution in [0, 0.1) is 5.82 Å². The van der Waals surface area contributed by atoms with Gasteiger partial charge < -0.3 is 15.7 Å². The second-order valence-corrected chi connectivity index (χ2v) is 7.72. The van der Waals surface area contributed by atoms with Crippen LogP contribution < -0.4 is 16.0 Å². The highest BCUT2D eigenvalue weighted by atomic mass is 19.1. The molecule has 1 aromatic rings. The third kappa shape index (κ3) is 3.08. The fourth-order valence-electron chi connectivity index (χ4n) is 4.29. The Labute approximate surface area is 165 Å². The second-order valence-electron chi connectivity index (χ2n) is 7.72. The first kappa shape index (κ1) is 19.5. The number of amides is 4. The van der Waals surface area contributed by atoms with Crippen LogP contribution >= 0.6 is 0 Å². The first-order chi connectivity index (χ1) is 13.8. The van der Waals surface area contributed by atoms with Crippen LogP contribution in [0.3, 0.4) is 0 Å². The van der Waals surface area contributed by atoms with Crippen LogP contribution in [0.1, 0.15) is 46.4 Å². The molecule has 1 aromatic carbocycles. The van der Waals surface area contributed by atoms with Gasteiger partial charge in [-0.05, 0) is 31.4 Å². The zero-order valence-electron chi connectivity index (χ0n) is 15.6. The summed E-state index contributed by atoms with van der Waals surface area (Å²) in [6.45, 7) is 0.391. The lowest BCUT2D eigenvalue weighted by molar-refractivity contribution is -0.136. The van der Waals surface area contributed by atoms with Gasteiger partial charge in [-0.2, -0.15) is 0 Å². The normalized spacial score (nSPS) is 27.3. The molecule has 2 atom stereocenters. The van der Waals surface area contributed by atoms with Crippen LogP contribution in [0.2, 0.25) is 0 Å². The summed E-state index contributed by atoms with van der Waals surface area (Å²) in [7, 11) is 0. The molecule has 29 heavy (non-hydrogen) atoms. The molecule has 0 aromatic heterocycles. The quantitative estimate of drug-likeness (QED) is 0.580. The first-order valence-corrected chi connectivity index (χ1v) is 9.47. The maximum Gasteiger partial charge on any atom is 0.264 e. The third-order valence-electron chi connectivity index (χ3n) is 5.78. The predicted octanol–water partition coefficient (Wildman–Crippen LogP) is -0.483. The van der Waals surface area contributed by atoms with Crippen molar-refractivity contribution >= 4 is 29.3 Å². The van der Waals surface area contributed by atoms with E-state index in [0.29, 0.717) is 19.4 Å². The Morgan fingerprint density at radius 2 is 2.00 bits per heavy atom. The predicted molar refractivity (Wildman–Crippen MR) is 98.5 cm³/mol. The van der Waals surface area contributed by atoms with Gasteiger partial charge in [0.1, 0.15) is 11.9 Å². The molecule has 2 fully saturated rings. The molecule has 4 rings (SSSR count). The maximum absolute atomic E-state index is 14.8. The lowest BCUT2D eigenvalue weighted by Gasteiger charge is -2.40. The number of piperidine rings is 2. The largest absolute Gasteiger partial charge is 0.387 e. The first-order valence-electron chi connectivity index (χ1n) is 9.47. The van der Waals surface area contributed by atoms with Crippen LogP contribution in [-0.2, 0) is 9.59 Å². The van der Waals surface area contributed by atoms with E-state index in [1.165, 1.54) is 11.0 Å². The highest BCUT2D eigenvalue weighted by Crippen LogP contribution is 2.38. The Morgan fingerprint density at radius 1 is 1.24 bits per heavy atom. The molecule has 0 saturated carbocycles. The number of fused-ring (bicyclic) bond motifs is 1. The standard InChI is InChI=1S/C19H21FN4O5/c20-11-3-2-10-14(15(11)23-7-1-6-19(29,8-21)9-23)18(28)24(17(10)27)12-4-5-13(25)22-16(12)26/h2-3,12,29H,1,4-9,21H2,(H,22,25,26). The minimum absolute atomic E-state index is 0.000682. The SMILES string of the molecule is NCC1(O)CCCN(c2c(F)ccc3c2C(=O)N(C2CCC(=O)NC2=O)C3=O)C1. The molecule has 0 radical (unpaired) electrons. The Kier molecular flexibility index (Phi) is 4.62. The van der Waals surface area contributed by atoms with Gasteiger partial charge in [0.05, 0.1) is 22.4 Å². The van der Waals surface area contributed by atoms with Gasteiger partial charge in [0, 0.05) is 26.1 Å². The minimum Gasteiger partial charge on any atom is -0.387 e. The topological polar surface area (TPSA) is 133 Å². The van der Waals surface area contributed by atoms with E-state index in [4.69, 9.17) is 5.73 Å². The molecule has 0 aliphatic carbocycles. The lowest BCUT2D eigenvalue weighted by Crippen LogP contribution is -2.54. The summed E-state index contributed by atoms with van der Waals surface area (Å²) in [4.78, 5) is 52.0. The van der Waals surface area contributed by atoms with Crippen molar-refractivity contribution in [3.63, 3.8) is 0 Å². The van der Waals surface area contributed by atoms with Gasteiger partial charge in [-0.1, -0.05) is 0 Å². The molecule has 3 aliphatic rings. The molecular weight excluding hydrogens is 383 g/mol. The number of β-amino-alcohol motifs (C(OH)–C–C–N with tert-alkyl or cyclic N) is 1. The number of hydrogen-bond acceptors (Lipinski definition) is 7. The van der Waals surface area contributed by atoms with Gasteiger partial charge in [-0.3, -0.25) is 29.4 Å². The molecule has 10 heteroatoms. The minimum atomic E-state index is -1.22. The lowest BCUT2D eigenvalue weighted by atomic mass is 9.92. The van der Waals surface area contributed by atoms with Crippen molar-refractivity contribution in [2.24, 2.45) is 5.73 Å². The van der Waals surface area contributed by atoms with Crippen LogP contribution in [0.5, 0.6) is 0 Å². The molecular formula is C19H21FN4O5. The number of nitrogens with two attached hydrogens (primary N) is 1. The molecule has 2 saturated heterocycles. The van der Waals surface area contributed by atoms with Gasteiger partial charge in [0.15, 0.2) is 0 Å². The van der Waals surface area contributed by atoms with Gasteiger partial charge in [0.2, 0.25) is 11.8 Å². The summed E-state index contributed by atoms with van der Waals surface area (Å²) in [5, 5.41) is 12.7. The molecule has 9 nitrogen and oxygen atoms in total. The Hall–Kier alpha value is -2.85. The molecule has 4 amide bonds. The number of imide groups is 2. The molecule has 2 unspecified atom stereocenters. The number of carbonyl (C=O) groups is 4. The van der Waals surface area contributed by atoms with Crippen molar-refractivity contribution in [2.45, 2.75) is 37.3 Å². The monoisotopic (exact) mass is 404 g/mol. The zero-order chi connectivity index (χ0) is 20.9. The second kappa shape index (κ2) is 6.89. The summed E-state index contributed by atoms with van der Waals surface area (Å²) in [5.74, 6) is -3.38. The number of halogens is 1. The van der Waals surface area contributed by atoms with Gasteiger partial charge in [-0.15, -0.1) is 0 Å². The zero-order valence-corrected chi connectivity index (χ0v) is 15.6. The smallest absolute Gasteiger partial charge is 0.264 e. The number of carbonyl (C=O) groups excluding carboxylic acids is 4. The molecule has 0 bridgehead atoms. The number of aliphatic hydroxyl groups is 1. The van der Waals surface area contributed by atoms with Crippen molar-refractivity contribution < 1.29 is 28.7 Å². The van der Waals surface area contributed by atoms with Crippen molar-refractivity contribution in [3.05, 3.63) is 29.1 Å². The number of anilines is 1. The van der Waals surface area contributed by atoms with Gasteiger partial charge >= 0.3 is 0 Å². The number of hydrogen-bond donors (Lipinski definition) is 3. The molecule has 154 valence electrons. The van der Waals surface area contributed by atoms with Crippen LogP contribution in [-0.4, -0.2) is 64.9 Å². The van der Waals surface area contributed by atoms with Crippen molar-refractivity contribution in [3.8, 4) is 0 Å². The van der Waals surface area contributed by atoms with E-state index in [1.807, 2.05) is 0 Å². The van der Waals surface area contributed by atoms with E-state index < -0.39 is 41.1 Å². The molecule has 0 spiro atoms. The number of nitrogens with zero attached hydrogens (tertiary/aromatic N) is 2. The van der Waals surface area contributed by atoms with Crippen molar-refractivity contribution in [1.82, 2.24) is 10.2 Å². The van der Waals surface area contributed by atoms with Crippen LogP contribution in [0.15, 0.2) is 12.1 Å². The van der Waals surface area contributed by atoms with Crippen molar-refractivity contribution in [2.75, 3.05) is 24.5 Å². The fourth-order valence-corrected chi connectivity index (χ4v) is 4.29. The third-order valence-corrected chi connectivity index (χ3v) is 5.78. The highest BCUT2D eigenvalue weighted by Gasteiger charge is 2.47. The Morgan fingerprint density at radius 3 is 2.69 bits per heavy atom. The fraction of sp³-hybridized carbons (Fsp3) is 0.474. The van der Waals surface area contributed by atoms with E-state index in [9.17, 15) is 28.7 Å². The maximum atomic E-state index is 14.8. The Balaban J connectivity index is 1.74. The van der Waals surface area contributed by atoms with E-state index in [2.05, 4.69) is 5.32 Å². The summed E-state index contributed by atoms with van der Waals surface area (Å²) < 4.78 is 14.8. The van der Waals surface area contributed by atoms with Gasteiger partial charge in [-0.25, -0.2) is 4.39 Å². The summed E-state index contributed by atoms with van der Waals surface area (Å²) >= 11 is 0. The number of benzene rings is 1. The van der Waals surface area contributed by atoms with E-state index >= 15 is 0 Å². The molecule has 4 N–H and O–H groups in total. The summed E-state index contributed by atoms with van der Waals surface area (Å²) in [6, 6.07) is 1.20. The van der Waals surface area contributed by atoms with Crippen LogP contribution in [0.4, 0.5) is 10.1 Å². The highest BCUT2D eigenvalue weighted by molar-refractivity contribution is 6.25. The van der Waals surface area contributed by atoms with Gasteiger partial charge in [0.25, 0.3) is 11.8 Å². The summed E-state index contributed by atoms with van der Waals surface area (Å²) in [5.41, 5.74) is 4.24. The Bertz CT molecular complexity index is 935. The number of rotatable bonds is 3. The van der Waals surface area contributed by atoms with Crippen molar-refractivity contribution in [1.29, 1.82) is 0 Å². The summed E-state index contributed by atoms with van der Waals surface area (Å²) in [6.07, 6.45) is 1.01. The number of nitrogens with one attached hydrogen (secondary N) is 1. The van der Waals surface area contributed by atoms with E-state index in [1.54, 1.807) is 0 Å². The molecule has 3 heterocycles. The molecule has 3 aliphatic heterocycles. The van der Waals surface area contributed by atoms with E-state index in [0.717, 1.165) is 11.0 Å². The van der Waals surface area contributed by atoms with Crippen LogP contribution in [0.25, 0.3) is 0 Å². The van der Waals surface area contributed by atoms with E-state index in [-0.39, 0.29) is 42.7 Å². The average Bonchev–Trinajstić information content (AvgIpc) is 2.93.